The van der Waals surface area contributed by atoms with Gasteiger partial charge in [-0.05, 0) is 63.7 Å². The Hall–Kier alpha value is -8.02. The summed E-state index contributed by atoms with van der Waals surface area (Å²) in [7, 11) is 1.47. The number of ether oxygens (including phenoxy) is 4. The zero-order valence-corrected chi connectivity index (χ0v) is 65.5. The lowest BCUT2D eigenvalue weighted by Gasteiger charge is -2.38. The second-order valence-electron chi connectivity index (χ2n) is 28.1. The Morgan fingerprint density at radius 3 is 1.75 bits per heavy atom. The molecule has 4 aliphatic heterocycles. The van der Waals surface area contributed by atoms with Gasteiger partial charge in [-0.15, -0.1) is 0 Å². The van der Waals surface area contributed by atoms with Gasteiger partial charge in [-0.2, -0.15) is 0 Å². The quantitative estimate of drug-likeness (QED) is 0.0119. The van der Waals surface area contributed by atoms with Crippen LogP contribution in [0.5, 0.6) is 17.2 Å². The summed E-state index contributed by atoms with van der Waals surface area (Å²) >= 11 is 0. The van der Waals surface area contributed by atoms with Crippen molar-refractivity contribution in [1.82, 2.24) is 46.5 Å². The number of hydrazine groups is 1. The lowest BCUT2D eigenvalue weighted by Crippen LogP contribution is -2.47. The highest BCUT2D eigenvalue weighted by Crippen LogP contribution is 2.51. The smallest absolute Gasteiger partial charge is 0.312 e. The van der Waals surface area contributed by atoms with Gasteiger partial charge in [0.15, 0.2) is 5.75 Å². The number of nitrogens with one attached hydrogen (secondary N) is 6. The Labute approximate surface area is 634 Å². The largest absolute Gasteiger partial charge is 0.507 e. The van der Waals surface area contributed by atoms with Crippen LogP contribution in [0.15, 0.2) is 89.2 Å². The number of primary amides is 1. The first-order valence-corrected chi connectivity index (χ1v) is 37.3. The standard InChI is InChI=1S/C46H62N4O11.2C10H24N2O2.C6H7N3O.C5H5N3O/c1-22(2)21-50-18-16-46(17-19-50)48-34-31-32-39(54)28(8)42-33(31)43(56)45(10,61-42)59-20-15-30(58-11)25(5)41(60-29(9)51)27(7)38(53)26(6)37(52)23(3)13-12-14-24(4)44(57)47-36(40(32)55)35(34)49-46;2*1-3-9(7-13)11-5-6-12-10(4-2)8-14;7-9-6(10)5-1-3-8-4-2-5;6-5(9)4-3-7-1-2-8-4/h12-15,20,22-23,25-27,30,37-38,41,48,52-55H,16-19,21H2,1-11H3;2*9-14H,3-8H2,1-2H3;1-4H,7H2,(H,9,10);1-3H,(H2,6,9)/b13-12+,20-15+,24-14-,47-36?;;;;/t23-,25+,26+,27+,30-,37-,38+,41+,45-;2*9-,10-;;/m000../s1. The Balaban J connectivity index is 0.000000416. The summed E-state index contributed by atoms with van der Waals surface area (Å²) in [6.07, 6.45) is 16.1. The molecular formula is C77H122N14O17. The Bertz CT molecular complexity index is 3640. The minimum atomic E-state index is -1.95. The van der Waals surface area contributed by atoms with Gasteiger partial charge in [0, 0.05) is 174 Å². The van der Waals surface area contributed by atoms with E-state index in [9.17, 15) is 44.4 Å². The molecule has 13 atom stereocenters. The SMILES string of the molecule is CC[C@@H](CO)NCCN[C@@H](CC)CO.CC[C@@H](CO)NCCN[C@@H](CC)CO.CO[C@H]1/C=C/O[C@@]2(C)Oc3c(C)c(O)c4c(O)c(c5c(c4c3C2=O)NC2(CCN(CC(C)C)CC2)N=5)=NC(=O)/C(C)=C\C=C\[C@H](C)[C@H](O)[C@@H](C)[C@@H](O)[C@@H](C)[C@H](OC(C)=O)[C@@H]1C.NC(=O)c1cnccn1.NNC(=O)c1ccncc1. The molecule has 602 valence electrons. The summed E-state index contributed by atoms with van der Waals surface area (Å²) < 4.78 is 24.0. The number of Topliss-reactive ketones (excluding diaryl/α,β-unsaturated/α-hetero) is 1. The third kappa shape index (κ3) is 26.1. The molecule has 0 saturated carbocycles. The van der Waals surface area contributed by atoms with E-state index in [0.717, 1.165) is 71.5 Å². The number of aromatic nitrogens is 3. The van der Waals surface area contributed by atoms with E-state index in [0.29, 0.717) is 30.0 Å². The Morgan fingerprint density at radius 2 is 1.30 bits per heavy atom. The number of hydrogen-bond acceptors (Lipinski definition) is 28. The Morgan fingerprint density at radius 1 is 0.750 bits per heavy atom. The molecule has 3 amide bonds. The van der Waals surface area contributed by atoms with Gasteiger partial charge < -0.3 is 97.0 Å². The number of fused-ring (bicyclic) bond motifs is 1. The molecule has 31 nitrogen and oxygen atoms in total. The second-order valence-corrected chi connectivity index (χ2v) is 28.1. The first-order chi connectivity index (χ1) is 51.3. The van der Waals surface area contributed by atoms with E-state index in [2.05, 4.69) is 65.3 Å². The fourth-order valence-electron chi connectivity index (χ4n) is 12.7. The molecule has 0 radical (unpaired) electrons. The summed E-state index contributed by atoms with van der Waals surface area (Å²) in [6.45, 7) is 31.8. The number of nitrogen functional groups attached to an aromatic ring is 1. The van der Waals surface area contributed by atoms with E-state index in [1.165, 1.54) is 58.2 Å². The molecule has 4 aromatic rings. The molecule has 31 heteroatoms. The van der Waals surface area contributed by atoms with E-state index in [1.54, 1.807) is 78.0 Å². The number of benzene rings is 2. The average Bonchev–Trinajstić information content (AvgIpc) is 1.52. The molecule has 1 fully saturated rings. The number of rotatable bonds is 24. The number of anilines is 1. The fourth-order valence-corrected chi connectivity index (χ4v) is 12.7. The van der Waals surface area contributed by atoms with Gasteiger partial charge in [0.1, 0.15) is 39.7 Å². The zero-order valence-electron chi connectivity index (χ0n) is 65.5. The molecule has 0 unspecified atom stereocenters. The van der Waals surface area contributed by atoms with Crippen LogP contribution in [0, 0.1) is 36.5 Å². The summed E-state index contributed by atoms with van der Waals surface area (Å²) in [5.74, 6) is -2.54. The summed E-state index contributed by atoms with van der Waals surface area (Å²) in [5.41, 5.74) is 7.48. The fraction of sp³-hybridized carbons (Fsp3) is 0.610. The van der Waals surface area contributed by atoms with Crippen molar-refractivity contribution in [2.45, 2.75) is 195 Å². The first-order valence-electron chi connectivity index (χ1n) is 37.3. The summed E-state index contributed by atoms with van der Waals surface area (Å²) in [4.78, 5) is 85.0. The van der Waals surface area contributed by atoms with Gasteiger partial charge in [0.2, 0.25) is 0 Å². The number of aliphatic hydroxyl groups is 6. The van der Waals surface area contributed by atoms with Crippen molar-refractivity contribution in [3.8, 4) is 17.2 Å². The van der Waals surface area contributed by atoms with E-state index in [1.807, 2.05) is 33.1 Å². The number of nitrogens with two attached hydrogens (primary N) is 2. The minimum absolute atomic E-state index is 0.0538. The highest BCUT2D eigenvalue weighted by molar-refractivity contribution is 6.21. The number of hydrogen-bond donors (Lipinski definition) is 16. The number of carbonyl (C=O) groups is 5. The van der Waals surface area contributed by atoms with Crippen molar-refractivity contribution < 1.29 is 83.8 Å². The van der Waals surface area contributed by atoms with Crippen molar-refractivity contribution in [3.63, 3.8) is 0 Å². The summed E-state index contributed by atoms with van der Waals surface area (Å²) in [6, 6.07) is 3.97. The molecule has 6 heterocycles. The van der Waals surface area contributed by atoms with Crippen molar-refractivity contribution in [2.75, 3.05) is 84.7 Å². The number of methoxy groups -OCH3 is 1. The predicted octanol–water partition coefficient (Wildman–Crippen LogP) is 3.42. The molecule has 4 bridgehead atoms. The van der Waals surface area contributed by atoms with Crippen LogP contribution in [0.1, 0.15) is 165 Å². The maximum Gasteiger partial charge on any atom is 0.312 e. The third-order valence-electron chi connectivity index (χ3n) is 19.6. The van der Waals surface area contributed by atoms with Crippen molar-refractivity contribution in [1.29, 1.82) is 0 Å². The van der Waals surface area contributed by atoms with Gasteiger partial charge in [-0.1, -0.05) is 87.5 Å². The number of piperidine rings is 1. The number of phenolic OH excluding ortho intramolecular Hbond substituents is 2. The maximum atomic E-state index is 14.7. The zero-order chi connectivity index (χ0) is 80.6. The number of aliphatic hydroxyl groups excluding tert-OH is 6. The van der Waals surface area contributed by atoms with Crippen LogP contribution in [-0.4, -0.2) is 230 Å². The van der Waals surface area contributed by atoms with Crippen molar-refractivity contribution in [2.24, 2.45) is 51.2 Å². The van der Waals surface area contributed by atoms with Gasteiger partial charge in [0.05, 0.1) is 73.8 Å². The van der Waals surface area contributed by atoms with E-state index < -0.39 is 88.9 Å². The monoisotopic (exact) mass is 1510 g/mol. The van der Waals surface area contributed by atoms with Crippen LogP contribution in [0.4, 0.5) is 5.69 Å². The van der Waals surface area contributed by atoms with Gasteiger partial charge in [-0.3, -0.25) is 44.4 Å². The molecule has 8 rings (SSSR count). The van der Waals surface area contributed by atoms with Crippen LogP contribution in [-0.2, 0) is 23.8 Å². The van der Waals surface area contributed by atoms with Crippen molar-refractivity contribution in [3.05, 3.63) is 112 Å². The number of amides is 3. The van der Waals surface area contributed by atoms with Crippen LogP contribution >= 0.6 is 0 Å². The predicted molar refractivity (Wildman–Crippen MR) is 411 cm³/mol. The molecule has 4 aliphatic rings. The minimum Gasteiger partial charge on any atom is -0.507 e. The molecule has 2 aromatic heterocycles. The lowest BCUT2D eigenvalue weighted by molar-refractivity contribution is -0.160. The second kappa shape index (κ2) is 45.8. The van der Waals surface area contributed by atoms with E-state index in [-0.39, 0.29) is 112 Å². The number of allylic oxidation sites excluding steroid dienone is 2. The average molecular weight is 1520 g/mol. The lowest BCUT2D eigenvalue weighted by atomic mass is 9.78. The van der Waals surface area contributed by atoms with E-state index in [4.69, 9.17) is 55.9 Å². The van der Waals surface area contributed by atoms with Crippen LogP contribution in [0.3, 0.4) is 0 Å². The van der Waals surface area contributed by atoms with Gasteiger partial charge in [0.25, 0.3) is 23.5 Å². The highest BCUT2D eigenvalue weighted by atomic mass is 16.7. The number of nitrogens with zero attached hydrogens (tertiary/aromatic N) is 6. The molecule has 108 heavy (non-hydrogen) atoms. The number of aromatic hydroxyl groups is 2. The molecule has 0 aliphatic carbocycles. The third-order valence-corrected chi connectivity index (χ3v) is 19.6. The van der Waals surface area contributed by atoms with Crippen LogP contribution < -0.4 is 59.0 Å². The molecular weight excluding hydrogens is 1390 g/mol. The topological polar surface area (TPSA) is 475 Å². The van der Waals surface area contributed by atoms with Crippen molar-refractivity contribution >= 4 is 45.9 Å². The number of esters is 1. The number of likely N-dealkylation sites (tertiary alicyclic amines) is 1. The number of phenols is 2. The molecule has 1 spiro atoms. The van der Waals surface area contributed by atoms with Crippen LogP contribution in [0.2, 0.25) is 0 Å². The Kier molecular flexibility index (Phi) is 39.2. The summed E-state index contributed by atoms with van der Waals surface area (Å²) in [5, 5.41) is 99.1. The van der Waals surface area contributed by atoms with Gasteiger partial charge >= 0.3 is 11.8 Å². The number of ketones is 1. The highest BCUT2D eigenvalue weighted by Gasteiger charge is 2.51. The number of carbonyl (C=O) groups excluding carboxylic acids is 5. The van der Waals surface area contributed by atoms with Crippen LogP contribution in [0.25, 0.3) is 10.8 Å². The first kappa shape index (κ1) is 92.4. The normalized spacial score (nSPS) is 24.0. The van der Waals surface area contributed by atoms with Gasteiger partial charge in [-0.25, -0.2) is 15.8 Å². The molecule has 1 saturated heterocycles. The molecule has 18 N–H and O–H groups in total. The maximum absolute atomic E-state index is 14.7. The molecule has 2 aromatic carbocycles. The van der Waals surface area contributed by atoms with E-state index >= 15 is 0 Å². The number of pyridine rings is 1.